The van der Waals surface area contributed by atoms with Crippen LogP contribution in [-0.4, -0.2) is 89.7 Å². The highest BCUT2D eigenvalue weighted by molar-refractivity contribution is 5.96. The number of carbonyl (C=O) groups is 4. The molecule has 1 aliphatic heterocycles. The van der Waals surface area contributed by atoms with Crippen molar-refractivity contribution in [2.24, 2.45) is 0 Å². The summed E-state index contributed by atoms with van der Waals surface area (Å²) in [6.45, 7) is 12.2. The fraction of sp³-hybridized carbons (Fsp3) is 0.476. The average molecular weight is 713 g/mol. The van der Waals surface area contributed by atoms with E-state index in [-0.39, 0.29) is 36.8 Å². The quantitative estimate of drug-likeness (QED) is 0.181. The van der Waals surface area contributed by atoms with E-state index in [0.717, 1.165) is 34.7 Å². The predicted octanol–water partition coefficient (Wildman–Crippen LogP) is 6.21. The third-order valence-electron chi connectivity index (χ3n) is 9.22. The summed E-state index contributed by atoms with van der Waals surface area (Å²) in [5, 5.41) is 7.93. The van der Waals surface area contributed by atoms with Gasteiger partial charge in [0, 0.05) is 45.1 Å². The van der Waals surface area contributed by atoms with Crippen LogP contribution in [0.5, 0.6) is 0 Å². The number of hydrogen-bond acceptors (Lipinski definition) is 6. The Labute approximate surface area is 308 Å². The van der Waals surface area contributed by atoms with Gasteiger partial charge in [0.1, 0.15) is 17.7 Å². The topological polar surface area (TPSA) is 117 Å². The molecule has 10 heteroatoms. The van der Waals surface area contributed by atoms with Gasteiger partial charge in [0.2, 0.25) is 17.7 Å². The van der Waals surface area contributed by atoms with Gasteiger partial charge in [-0.2, -0.15) is 0 Å². The minimum atomic E-state index is -0.907. The van der Waals surface area contributed by atoms with E-state index in [1.54, 1.807) is 38.8 Å². The first-order valence-electron chi connectivity index (χ1n) is 18.3. The molecule has 3 atom stereocenters. The second-order valence-corrected chi connectivity index (χ2v) is 15.1. The second-order valence-electron chi connectivity index (χ2n) is 15.1. The number of nitrogens with zero attached hydrogens (tertiary/aromatic N) is 2. The molecule has 1 saturated heterocycles. The van der Waals surface area contributed by atoms with Gasteiger partial charge in [-0.15, -0.1) is 0 Å². The maximum atomic E-state index is 14.8. The summed E-state index contributed by atoms with van der Waals surface area (Å²) in [5.41, 5.74) is 0.498. The van der Waals surface area contributed by atoms with Crippen LogP contribution in [0.15, 0.2) is 84.9 Å². The number of carbonyl (C=O) groups excluding carboxylic acids is 4. The number of rotatable bonds is 15. The van der Waals surface area contributed by atoms with Crippen LogP contribution in [-0.2, 0) is 36.7 Å². The molecule has 0 bridgehead atoms. The second kappa shape index (κ2) is 18.2. The van der Waals surface area contributed by atoms with Crippen LogP contribution in [0.3, 0.4) is 0 Å². The Morgan fingerprint density at radius 3 is 2.29 bits per heavy atom. The lowest BCUT2D eigenvalue weighted by atomic mass is 9.96. The number of amides is 4. The van der Waals surface area contributed by atoms with Crippen LogP contribution < -0.4 is 10.6 Å². The summed E-state index contributed by atoms with van der Waals surface area (Å²) in [6.07, 6.45) is 5.31. The van der Waals surface area contributed by atoms with Gasteiger partial charge in [-0.05, 0) is 88.8 Å². The third kappa shape index (κ3) is 11.7. The van der Waals surface area contributed by atoms with Gasteiger partial charge >= 0.3 is 6.09 Å². The van der Waals surface area contributed by atoms with Crippen LogP contribution >= 0.6 is 0 Å². The summed E-state index contributed by atoms with van der Waals surface area (Å²) in [6, 6.07) is 21.8. The van der Waals surface area contributed by atoms with Crippen molar-refractivity contribution in [1.82, 2.24) is 20.4 Å². The number of nitrogens with one attached hydrogen (secondary N) is 2. The molecular weight excluding hydrogens is 656 g/mol. The van der Waals surface area contributed by atoms with E-state index in [9.17, 15) is 19.2 Å². The summed E-state index contributed by atoms with van der Waals surface area (Å²) in [7, 11) is 1.65. The molecular formula is C42H56N4O6. The highest BCUT2D eigenvalue weighted by Crippen LogP contribution is 2.24. The van der Waals surface area contributed by atoms with Crippen molar-refractivity contribution in [2.45, 2.75) is 103 Å². The van der Waals surface area contributed by atoms with Gasteiger partial charge in [-0.25, -0.2) is 4.79 Å². The van der Waals surface area contributed by atoms with E-state index in [1.165, 1.54) is 11.0 Å². The Hall–Kier alpha value is -4.70. The smallest absolute Gasteiger partial charge is 0.408 e. The van der Waals surface area contributed by atoms with Crippen LogP contribution in [0.2, 0.25) is 0 Å². The molecule has 52 heavy (non-hydrogen) atoms. The van der Waals surface area contributed by atoms with E-state index in [2.05, 4.69) is 10.6 Å². The van der Waals surface area contributed by atoms with Crippen molar-refractivity contribution in [3.05, 3.63) is 96.1 Å². The fourth-order valence-electron chi connectivity index (χ4n) is 6.49. The van der Waals surface area contributed by atoms with Crippen molar-refractivity contribution < 1.29 is 28.7 Å². The molecule has 0 spiro atoms. The molecule has 4 amide bonds. The van der Waals surface area contributed by atoms with Crippen LogP contribution in [0, 0.1) is 0 Å². The van der Waals surface area contributed by atoms with Crippen molar-refractivity contribution in [2.75, 3.05) is 26.7 Å². The summed E-state index contributed by atoms with van der Waals surface area (Å²) in [4.78, 5) is 58.2. The molecule has 4 rings (SSSR count). The first-order valence-corrected chi connectivity index (χ1v) is 18.3. The predicted molar refractivity (Wildman–Crippen MR) is 205 cm³/mol. The Balaban J connectivity index is 1.63. The molecule has 1 fully saturated rings. The van der Waals surface area contributed by atoms with Gasteiger partial charge in [-0.3, -0.25) is 14.4 Å². The monoisotopic (exact) mass is 712 g/mol. The van der Waals surface area contributed by atoms with E-state index >= 15 is 0 Å². The number of likely N-dealkylation sites (N-methyl/N-ethyl adjacent to an activating group) is 2. The van der Waals surface area contributed by atoms with Gasteiger partial charge in [0.15, 0.2) is 0 Å². The van der Waals surface area contributed by atoms with Gasteiger partial charge in [-0.1, -0.05) is 78.9 Å². The first kappa shape index (κ1) is 40.1. The minimum Gasteiger partial charge on any atom is -0.444 e. The van der Waals surface area contributed by atoms with E-state index in [1.807, 2.05) is 93.6 Å². The maximum absolute atomic E-state index is 14.8. The Bertz CT molecular complexity index is 1690. The lowest BCUT2D eigenvalue weighted by Crippen LogP contribution is -2.57. The highest BCUT2D eigenvalue weighted by atomic mass is 16.6. The van der Waals surface area contributed by atoms with Crippen molar-refractivity contribution in [3.63, 3.8) is 0 Å². The van der Waals surface area contributed by atoms with Crippen LogP contribution in [0.4, 0.5) is 4.79 Å². The van der Waals surface area contributed by atoms with Crippen molar-refractivity contribution in [1.29, 1.82) is 0 Å². The van der Waals surface area contributed by atoms with E-state index in [0.29, 0.717) is 26.0 Å². The fourth-order valence-corrected chi connectivity index (χ4v) is 6.49. The van der Waals surface area contributed by atoms with E-state index < -0.39 is 29.3 Å². The summed E-state index contributed by atoms with van der Waals surface area (Å²) < 4.78 is 11.2. The Morgan fingerprint density at radius 2 is 1.62 bits per heavy atom. The standard InChI is InChI=1S/C42H56N4O6/c1-8-46(37(47)24-15-25-42(5,6)44-40(50)52-41(2,3)4)36(28-32-21-14-20-31-19-12-13-23-34(31)32)39(49)45(7)35(27-30-17-10-9-11-18-30)38(48)43-29-33-22-16-26-51-33/h9-15,17-21,23-24,33,35-36H,8,16,22,25-29H2,1-7H3,(H,43,48)(H,44,50)/b24-15+/t33?,35-,36-/m1/s1. The SMILES string of the molecule is CCN(C(=O)/C=C/CC(C)(C)NC(=O)OC(C)(C)C)[C@H](Cc1cccc2ccccc12)C(=O)N(C)[C@H](Cc1ccccc1)C(=O)NCC1CCCO1. The van der Waals surface area contributed by atoms with Crippen molar-refractivity contribution >= 4 is 34.6 Å². The number of ether oxygens (including phenoxy) is 2. The molecule has 1 aliphatic rings. The molecule has 1 heterocycles. The molecule has 0 aliphatic carbocycles. The van der Waals surface area contributed by atoms with Crippen LogP contribution in [0.25, 0.3) is 10.8 Å². The van der Waals surface area contributed by atoms with Gasteiger partial charge in [0.05, 0.1) is 6.10 Å². The summed E-state index contributed by atoms with van der Waals surface area (Å²) in [5.74, 6) is -0.949. The van der Waals surface area contributed by atoms with Crippen LogP contribution in [0.1, 0.15) is 71.9 Å². The maximum Gasteiger partial charge on any atom is 0.408 e. The van der Waals surface area contributed by atoms with E-state index in [4.69, 9.17) is 9.47 Å². The average Bonchev–Trinajstić information content (AvgIpc) is 3.62. The lowest BCUT2D eigenvalue weighted by molar-refractivity contribution is -0.147. The molecule has 0 radical (unpaired) electrons. The van der Waals surface area contributed by atoms with Gasteiger partial charge in [0.25, 0.3) is 0 Å². The van der Waals surface area contributed by atoms with Gasteiger partial charge < -0.3 is 29.9 Å². The molecule has 0 saturated carbocycles. The molecule has 10 nitrogen and oxygen atoms in total. The zero-order valence-corrected chi connectivity index (χ0v) is 31.8. The third-order valence-corrected chi connectivity index (χ3v) is 9.22. The number of alkyl carbamates (subject to hydrolysis) is 1. The number of benzene rings is 3. The molecule has 0 aromatic heterocycles. The molecule has 2 N–H and O–H groups in total. The molecule has 3 aromatic carbocycles. The molecule has 280 valence electrons. The van der Waals surface area contributed by atoms with Crippen molar-refractivity contribution in [3.8, 4) is 0 Å². The Kier molecular flexibility index (Phi) is 14.0. The molecule has 3 aromatic rings. The number of fused-ring (bicyclic) bond motifs is 1. The summed E-state index contributed by atoms with van der Waals surface area (Å²) >= 11 is 0. The number of hydrogen-bond donors (Lipinski definition) is 2. The first-order chi connectivity index (χ1) is 24.7. The lowest BCUT2D eigenvalue weighted by Gasteiger charge is -2.36. The zero-order valence-electron chi connectivity index (χ0n) is 31.8. The highest BCUT2D eigenvalue weighted by Gasteiger charge is 2.36. The molecule has 1 unspecified atom stereocenters. The zero-order chi connectivity index (χ0) is 37.9. The minimum absolute atomic E-state index is 0.0502. The largest absolute Gasteiger partial charge is 0.444 e. The normalized spacial score (nSPS) is 15.9. The Morgan fingerprint density at radius 1 is 0.923 bits per heavy atom.